The Morgan fingerprint density at radius 2 is 1.68 bits per heavy atom. The van der Waals surface area contributed by atoms with Crippen LogP contribution in [0.3, 0.4) is 0 Å². The van der Waals surface area contributed by atoms with E-state index in [4.69, 9.17) is 19.1 Å². The topological polar surface area (TPSA) is 109 Å². The molecule has 0 radical (unpaired) electrons. The summed E-state index contributed by atoms with van der Waals surface area (Å²) in [5, 5.41) is 14.4. The highest BCUT2D eigenvalue weighted by Crippen LogP contribution is 2.31. The van der Waals surface area contributed by atoms with Crippen molar-refractivity contribution >= 4 is 12.4 Å². The Balaban J connectivity index is 0.00000102. The summed E-state index contributed by atoms with van der Waals surface area (Å²) < 4.78 is 49.5. The van der Waals surface area contributed by atoms with Crippen LogP contribution in [0.1, 0.15) is 34.7 Å². The molecule has 2 aliphatic heterocycles. The minimum Gasteiger partial charge on any atom is -0.487 e. The van der Waals surface area contributed by atoms with Gasteiger partial charge in [0.1, 0.15) is 11.9 Å². The van der Waals surface area contributed by atoms with Gasteiger partial charge in [0.25, 0.3) is 6.47 Å². The minimum atomic E-state index is -4.43. The van der Waals surface area contributed by atoms with Crippen LogP contribution in [0.15, 0.2) is 52.9 Å². The molecular formula is C25H25F3N4O5. The van der Waals surface area contributed by atoms with Gasteiger partial charge >= 0.3 is 18.0 Å². The standard InChI is InChI=1S/C24H23F3N4O3.CH2O2/c25-24(26,27)18-7-5-17(6-8-18)21-28-29-22(34-21)23(32)31-14-20(15-31)33-19-9-3-16(4-10-19)13-30-11-1-2-12-30;2-1-3/h3-10,20H,1-2,11-15H2;1H,(H,2,3). The third-order valence-corrected chi connectivity index (χ3v) is 6.03. The van der Waals surface area contributed by atoms with E-state index in [1.165, 1.54) is 35.4 Å². The molecule has 196 valence electrons. The number of amides is 1. The number of alkyl halides is 3. The zero-order valence-corrected chi connectivity index (χ0v) is 19.7. The fourth-order valence-corrected chi connectivity index (χ4v) is 4.11. The second kappa shape index (κ2) is 11.4. The zero-order chi connectivity index (χ0) is 26.4. The molecule has 3 aromatic rings. The molecule has 1 N–H and O–H groups in total. The van der Waals surface area contributed by atoms with Crippen molar-refractivity contribution < 1.29 is 37.0 Å². The first kappa shape index (κ1) is 26.1. The molecular weight excluding hydrogens is 493 g/mol. The van der Waals surface area contributed by atoms with Gasteiger partial charge in [-0.3, -0.25) is 14.5 Å². The number of aromatic nitrogens is 2. The van der Waals surface area contributed by atoms with Gasteiger partial charge in [-0.05, 0) is 67.9 Å². The minimum absolute atomic E-state index is 0.0144. The number of ether oxygens (including phenoxy) is 1. The summed E-state index contributed by atoms with van der Waals surface area (Å²) in [4.78, 5) is 24.9. The highest BCUT2D eigenvalue weighted by molar-refractivity contribution is 5.90. The van der Waals surface area contributed by atoms with E-state index in [0.29, 0.717) is 18.7 Å². The molecule has 12 heteroatoms. The van der Waals surface area contributed by atoms with E-state index in [1.807, 2.05) is 12.1 Å². The van der Waals surface area contributed by atoms with E-state index in [0.717, 1.165) is 37.5 Å². The van der Waals surface area contributed by atoms with Gasteiger partial charge in [0.15, 0.2) is 0 Å². The second-order valence-electron chi connectivity index (χ2n) is 8.67. The van der Waals surface area contributed by atoms with Crippen LogP contribution in [0.4, 0.5) is 13.2 Å². The van der Waals surface area contributed by atoms with E-state index in [9.17, 15) is 18.0 Å². The molecule has 0 bridgehead atoms. The Hall–Kier alpha value is -3.93. The first-order valence-corrected chi connectivity index (χ1v) is 11.6. The van der Waals surface area contributed by atoms with Gasteiger partial charge in [-0.2, -0.15) is 13.2 Å². The molecule has 0 saturated carbocycles. The molecule has 5 rings (SSSR count). The molecule has 2 fully saturated rings. The zero-order valence-electron chi connectivity index (χ0n) is 19.7. The fraction of sp³-hybridized carbons (Fsp3) is 0.360. The van der Waals surface area contributed by atoms with Gasteiger partial charge in [0, 0.05) is 12.1 Å². The van der Waals surface area contributed by atoms with Crippen molar-refractivity contribution in [2.75, 3.05) is 26.2 Å². The highest BCUT2D eigenvalue weighted by Gasteiger charge is 2.35. The maximum absolute atomic E-state index is 12.7. The molecule has 0 unspecified atom stereocenters. The van der Waals surface area contributed by atoms with Gasteiger partial charge in [0.2, 0.25) is 5.89 Å². The van der Waals surface area contributed by atoms with Crippen molar-refractivity contribution in [3.05, 3.63) is 65.5 Å². The fourth-order valence-electron chi connectivity index (χ4n) is 4.11. The third kappa shape index (κ3) is 6.64. The number of hydrogen-bond acceptors (Lipinski definition) is 7. The lowest BCUT2D eigenvalue weighted by Gasteiger charge is -2.38. The van der Waals surface area contributed by atoms with Crippen LogP contribution in [0.5, 0.6) is 5.75 Å². The van der Waals surface area contributed by atoms with Crippen LogP contribution in [0, 0.1) is 0 Å². The van der Waals surface area contributed by atoms with Crippen LogP contribution in [0.2, 0.25) is 0 Å². The lowest BCUT2D eigenvalue weighted by atomic mass is 10.1. The molecule has 9 nitrogen and oxygen atoms in total. The number of nitrogens with zero attached hydrogens (tertiary/aromatic N) is 4. The predicted octanol–water partition coefficient (Wildman–Crippen LogP) is 3.96. The molecule has 2 saturated heterocycles. The van der Waals surface area contributed by atoms with Crippen molar-refractivity contribution in [2.24, 2.45) is 0 Å². The van der Waals surface area contributed by atoms with Gasteiger partial charge in [-0.1, -0.05) is 12.1 Å². The normalized spacial score (nSPS) is 16.0. The quantitative estimate of drug-likeness (QED) is 0.489. The van der Waals surface area contributed by atoms with Crippen LogP contribution >= 0.6 is 0 Å². The molecule has 0 atom stereocenters. The third-order valence-electron chi connectivity index (χ3n) is 6.03. The monoisotopic (exact) mass is 518 g/mol. The molecule has 3 heterocycles. The van der Waals surface area contributed by atoms with Crippen LogP contribution in [0.25, 0.3) is 11.5 Å². The Labute approximate surface area is 210 Å². The SMILES string of the molecule is O=C(c1nnc(-c2ccc(C(F)(F)F)cc2)o1)N1CC(Oc2ccc(CN3CCCC3)cc2)C1.O=CO. The number of carbonyl (C=O) groups is 2. The van der Waals surface area contributed by atoms with Crippen molar-refractivity contribution in [2.45, 2.75) is 31.7 Å². The smallest absolute Gasteiger partial charge is 0.416 e. The van der Waals surface area contributed by atoms with E-state index >= 15 is 0 Å². The number of halogens is 3. The Kier molecular flexibility index (Phi) is 8.07. The maximum Gasteiger partial charge on any atom is 0.416 e. The first-order chi connectivity index (χ1) is 17.8. The second-order valence-corrected chi connectivity index (χ2v) is 8.67. The van der Waals surface area contributed by atoms with Crippen LogP contribution in [-0.2, 0) is 17.5 Å². The lowest BCUT2D eigenvalue weighted by molar-refractivity contribution is -0.137. The number of carbonyl (C=O) groups excluding carboxylic acids is 1. The van der Waals surface area contributed by atoms with Crippen molar-refractivity contribution in [3.8, 4) is 17.2 Å². The van der Waals surface area contributed by atoms with Crippen molar-refractivity contribution in [1.29, 1.82) is 0 Å². The van der Waals surface area contributed by atoms with E-state index in [1.54, 1.807) is 0 Å². The number of hydrogen-bond donors (Lipinski definition) is 1. The van der Waals surface area contributed by atoms with Gasteiger partial charge in [-0.25, -0.2) is 0 Å². The number of rotatable bonds is 6. The Morgan fingerprint density at radius 3 is 2.27 bits per heavy atom. The van der Waals surface area contributed by atoms with Gasteiger partial charge in [-0.15, -0.1) is 10.2 Å². The van der Waals surface area contributed by atoms with Crippen molar-refractivity contribution in [1.82, 2.24) is 20.0 Å². The summed E-state index contributed by atoms with van der Waals surface area (Å²) in [6.07, 6.45) is -2.04. The highest BCUT2D eigenvalue weighted by atomic mass is 19.4. The van der Waals surface area contributed by atoms with Gasteiger partial charge in [0.05, 0.1) is 18.7 Å². The first-order valence-electron chi connectivity index (χ1n) is 11.6. The molecule has 2 aromatic carbocycles. The largest absolute Gasteiger partial charge is 0.487 e. The van der Waals surface area contributed by atoms with Crippen LogP contribution < -0.4 is 4.74 Å². The summed E-state index contributed by atoms with van der Waals surface area (Å²) in [5.74, 6) is 0.0927. The van der Waals surface area contributed by atoms with Crippen molar-refractivity contribution in [3.63, 3.8) is 0 Å². The molecule has 2 aliphatic rings. The lowest BCUT2D eigenvalue weighted by Crippen LogP contribution is -2.56. The molecule has 37 heavy (non-hydrogen) atoms. The summed E-state index contributed by atoms with van der Waals surface area (Å²) in [6, 6.07) is 12.3. The molecule has 1 amide bonds. The van der Waals surface area contributed by atoms with E-state index in [-0.39, 0.29) is 24.4 Å². The van der Waals surface area contributed by atoms with E-state index in [2.05, 4.69) is 27.2 Å². The summed E-state index contributed by atoms with van der Waals surface area (Å²) >= 11 is 0. The van der Waals surface area contributed by atoms with Crippen LogP contribution in [-0.4, -0.2) is 69.8 Å². The molecule has 1 aromatic heterocycles. The summed E-state index contributed by atoms with van der Waals surface area (Å²) in [6.45, 7) is 3.76. The maximum atomic E-state index is 12.7. The van der Waals surface area contributed by atoms with Gasteiger partial charge < -0.3 is 19.2 Å². The summed E-state index contributed by atoms with van der Waals surface area (Å²) in [7, 11) is 0. The average Bonchev–Trinajstić information content (AvgIpc) is 3.54. The predicted molar refractivity (Wildman–Crippen MR) is 125 cm³/mol. The Bertz CT molecular complexity index is 1190. The average molecular weight is 518 g/mol. The number of carboxylic acid groups (broad SMARTS) is 1. The summed E-state index contributed by atoms with van der Waals surface area (Å²) in [5.41, 5.74) is 0.775. The molecule has 0 aliphatic carbocycles. The number of benzene rings is 2. The number of likely N-dealkylation sites (tertiary alicyclic amines) is 2. The Morgan fingerprint density at radius 1 is 1.05 bits per heavy atom. The van der Waals surface area contributed by atoms with E-state index < -0.39 is 17.6 Å². The molecule has 0 spiro atoms.